The van der Waals surface area contributed by atoms with E-state index in [0.29, 0.717) is 5.88 Å². The van der Waals surface area contributed by atoms with Crippen molar-refractivity contribution < 1.29 is 0 Å². The number of hydrogen-bond donors (Lipinski definition) is 1. The van der Waals surface area contributed by atoms with Crippen LogP contribution in [0.15, 0.2) is 28.7 Å². The Morgan fingerprint density at radius 3 is 2.73 bits per heavy atom. The van der Waals surface area contributed by atoms with Crippen molar-refractivity contribution in [1.29, 1.82) is 0 Å². The van der Waals surface area contributed by atoms with Crippen molar-refractivity contribution in [2.24, 2.45) is 5.41 Å². The fourth-order valence-corrected chi connectivity index (χ4v) is 1.78. The quantitative estimate of drug-likeness (QED) is 0.813. The van der Waals surface area contributed by atoms with Gasteiger partial charge >= 0.3 is 0 Å². The molecule has 0 heterocycles. The second kappa shape index (κ2) is 5.88. The maximum Gasteiger partial charge on any atom is 0.0286 e. The zero-order valence-electron chi connectivity index (χ0n) is 9.19. The minimum absolute atomic E-state index is 0.160. The lowest BCUT2D eigenvalue weighted by molar-refractivity contribution is 0.385. The highest BCUT2D eigenvalue weighted by Gasteiger charge is 2.15. The number of halogens is 2. The first-order valence-corrected chi connectivity index (χ1v) is 6.37. The topological polar surface area (TPSA) is 12.0 Å². The summed E-state index contributed by atoms with van der Waals surface area (Å²) < 4.78 is 1.12. The van der Waals surface area contributed by atoms with Crippen LogP contribution >= 0.6 is 27.5 Å². The Balaban J connectivity index is 2.38. The summed E-state index contributed by atoms with van der Waals surface area (Å²) in [5.74, 6) is 0.679. The average molecular weight is 291 g/mol. The number of hydrogen-bond acceptors (Lipinski definition) is 1. The molecule has 1 nitrogen and oxygen atoms in total. The van der Waals surface area contributed by atoms with E-state index in [1.807, 2.05) is 12.1 Å². The van der Waals surface area contributed by atoms with E-state index in [1.165, 1.54) is 5.56 Å². The molecule has 0 spiro atoms. The molecule has 1 aromatic carbocycles. The summed E-state index contributed by atoms with van der Waals surface area (Å²) in [5, 5.41) is 3.41. The van der Waals surface area contributed by atoms with E-state index >= 15 is 0 Å². The van der Waals surface area contributed by atoms with E-state index in [1.54, 1.807) is 0 Å². The standard InChI is InChI=1S/C12H17BrClN/c1-12(2,8-14)9-15-7-10-4-3-5-11(13)6-10/h3-6,15H,7-9H2,1-2H3. The maximum atomic E-state index is 5.85. The third-order valence-electron chi connectivity index (χ3n) is 2.18. The van der Waals surface area contributed by atoms with Gasteiger partial charge in [-0.2, -0.15) is 0 Å². The lowest BCUT2D eigenvalue weighted by Gasteiger charge is -2.21. The smallest absolute Gasteiger partial charge is 0.0286 e. The van der Waals surface area contributed by atoms with Gasteiger partial charge < -0.3 is 5.32 Å². The second-order valence-corrected chi connectivity index (χ2v) is 5.71. The molecule has 0 aliphatic heterocycles. The first-order valence-electron chi connectivity index (χ1n) is 5.05. The summed E-state index contributed by atoms with van der Waals surface area (Å²) in [5.41, 5.74) is 1.45. The van der Waals surface area contributed by atoms with Gasteiger partial charge in [0, 0.05) is 23.4 Å². The molecule has 0 aliphatic carbocycles. The van der Waals surface area contributed by atoms with Gasteiger partial charge in [-0.3, -0.25) is 0 Å². The van der Waals surface area contributed by atoms with Gasteiger partial charge in [0.2, 0.25) is 0 Å². The molecule has 0 fully saturated rings. The number of benzene rings is 1. The van der Waals surface area contributed by atoms with Crippen LogP contribution in [0.25, 0.3) is 0 Å². The van der Waals surface area contributed by atoms with Gasteiger partial charge in [-0.05, 0) is 23.1 Å². The highest BCUT2D eigenvalue weighted by Crippen LogP contribution is 2.16. The Kier molecular flexibility index (Phi) is 5.10. The van der Waals surface area contributed by atoms with Crippen LogP contribution < -0.4 is 5.32 Å². The molecule has 1 rings (SSSR count). The van der Waals surface area contributed by atoms with Crippen LogP contribution in [0.2, 0.25) is 0 Å². The predicted molar refractivity (Wildman–Crippen MR) is 70.3 cm³/mol. The molecule has 0 atom stereocenters. The summed E-state index contributed by atoms with van der Waals surface area (Å²) in [7, 11) is 0. The predicted octanol–water partition coefficient (Wildman–Crippen LogP) is 3.80. The van der Waals surface area contributed by atoms with Gasteiger partial charge in [-0.25, -0.2) is 0 Å². The van der Waals surface area contributed by atoms with Crippen LogP contribution in [-0.2, 0) is 6.54 Å². The monoisotopic (exact) mass is 289 g/mol. The molecular weight excluding hydrogens is 273 g/mol. The van der Waals surface area contributed by atoms with Gasteiger partial charge in [0.25, 0.3) is 0 Å². The first kappa shape index (κ1) is 13.0. The van der Waals surface area contributed by atoms with Crippen molar-refractivity contribution in [1.82, 2.24) is 5.32 Å². The summed E-state index contributed by atoms with van der Waals surface area (Å²) in [6.07, 6.45) is 0. The molecule has 0 aliphatic rings. The molecule has 0 saturated carbocycles. The van der Waals surface area contributed by atoms with Crippen LogP contribution in [0, 0.1) is 5.41 Å². The third-order valence-corrected chi connectivity index (χ3v) is 3.40. The van der Waals surface area contributed by atoms with E-state index in [-0.39, 0.29) is 5.41 Å². The molecule has 0 unspecified atom stereocenters. The SMILES string of the molecule is CC(C)(CCl)CNCc1cccc(Br)c1. The highest BCUT2D eigenvalue weighted by molar-refractivity contribution is 9.10. The van der Waals surface area contributed by atoms with Crippen LogP contribution in [0.1, 0.15) is 19.4 Å². The van der Waals surface area contributed by atoms with E-state index < -0.39 is 0 Å². The Morgan fingerprint density at radius 2 is 2.13 bits per heavy atom. The minimum Gasteiger partial charge on any atom is -0.312 e. The molecule has 0 radical (unpaired) electrons. The zero-order valence-corrected chi connectivity index (χ0v) is 11.5. The number of rotatable bonds is 5. The third kappa shape index (κ3) is 5.01. The van der Waals surface area contributed by atoms with Crippen molar-refractivity contribution in [3.63, 3.8) is 0 Å². The van der Waals surface area contributed by atoms with Crippen molar-refractivity contribution in [2.45, 2.75) is 20.4 Å². The number of nitrogens with one attached hydrogen (secondary N) is 1. The Hall–Kier alpha value is -0.0500. The van der Waals surface area contributed by atoms with Crippen molar-refractivity contribution >= 4 is 27.5 Å². The maximum absolute atomic E-state index is 5.85. The van der Waals surface area contributed by atoms with Crippen molar-refractivity contribution in [3.8, 4) is 0 Å². The highest BCUT2D eigenvalue weighted by atomic mass is 79.9. The van der Waals surface area contributed by atoms with Gasteiger partial charge in [-0.15, -0.1) is 11.6 Å². The van der Waals surface area contributed by atoms with Crippen molar-refractivity contribution in [3.05, 3.63) is 34.3 Å². The summed E-state index contributed by atoms with van der Waals surface area (Å²) in [6.45, 7) is 6.14. The molecule has 15 heavy (non-hydrogen) atoms. The zero-order chi connectivity index (χ0) is 11.3. The van der Waals surface area contributed by atoms with E-state index in [9.17, 15) is 0 Å². The molecule has 1 N–H and O–H groups in total. The lowest BCUT2D eigenvalue weighted by atomic mass is 9.96. The van der Waals surface area contributed by atoms with Crippen molar-refractivity contribution in [2.75, 3.05) is 12.4 Å². The molecular formula is C12H17BrClN. The first-order chi connectivity index (χ1) is 7.03. The Morgan fingerprint density at radius 1 is 1.40 bits per heavy atom. The molecule has 0 aromatic heterocycles. The van der Waals surface area contributed by atoms with E-state index in [2.05, 4.69) is 47.2 Å². The van der Waals surface area contributed by atoms with Gasteiger partial charge in [0.1, 0.15) is 0 Å². The van der Waals surface area contributed by atoms with Crippen LogP contribution in [-0.4, -0.2) is 12.4 Å². The van der Waals surface area contributed by atoms with Crippen LogP contribution in [0.5, 0.6) is 0 Å². The molecule has 84 valence electrons. The van der Waals surface area contributed by atoms with Gasteiger partial charge in [0.15, 0.2) is 0 Å². The molecule has 3 heteroatoms. The molecule has 0 saturated heterocycles. The lowest BCUT2D eigenvalue weighted by Crippen LogP contribution is -2.30. The Labute approximate surface area is 105 Å². The molecule has 1 aromatic rings. The largest absolute Gasteiger partial charge is 0.312 e. The second-order valence-electron chi connectivity index (χ2n) is 4.53. The van der Waals surface area contributed by atoms with E-state index in [4.69, 9.17) is 11.6 Å². The normalized spacial score (nSPS) is 11.7. The molecule has 0 bridgehead atoms. The van der Waals surface area contributed by atoms with Gasteiger partial charge in [0.05, 0.1) is 0 Å². The average Bonchev–Trinajstić information content (AvgIpc) is 2.18. The Bertz CT molecular complexity index is 312. The summed E-state index contributed by atoms with van der Waals surface area (Å²) >= 11 is 9.31. The fraction of sp³-hybridized carbons (Fsp3) is 0.500. The summed E-state index contributed by atoms with van der Waals surface area (Å²) in [4.78, 5) is 0. The molecule has 0 amide bonds. The summed E-state index contributed by atoms with van der Waals surface area (Å²) in [6, 6.07) is 8.33. The fourth-order valence-electron chi connectivity index (χ4n) is 1.24. The number of alkyl halides is 1. The minimum atomic E-state index is 0.160. The van der Waals surface area contributed by atoms with E-state index in [0.717, 1.165) is 17.6 Å². The van der Waals surface area contributed by atoms with Crippen LogP contribution in [0.3, 0.4) is 0 Å². The van der Waals surface area contributed by atoms with Crippen LogP contribution in [0.4, 0.5) is 0 Å². The van der Waals surface area contributed by atoms with Gasteiger partial charge in [-0.1, -0.05) is 41.9 Å².